The van der Waals surface area contributed by atoms with Crippen LogP contribution in [-0.2, 0) is 12.8 Å². The number of thiophene rings is 1. The van der Waals surface area contributed by atoms with Gasteiger partial charge in [0, 0.05) is 28.6 Å². The quantitative estimate of drug-likeness (QED) is 0.479. The van der Waals surface area contributed by atoms with Crippen molar-refractivity contribution < 1.29 is 5.11 Å². The van der Waals surface area contributed by atoms with E-state index in [9.17, 15) is 9.59 Å². The summed E-state index contributed by atoms with van der Waals surface area (Å²) < 4.78 is 1.43. The Labute approximate surface area is 122 Å². The first-order chi connectivity index (χ1) is 9.60. The van der Waals surface area contributed by atoms with Crippen LogP contribution in [0.5, 0.6) is 0 Å². The van der Waals surface area contributed by atoms with Gasteiger partial charge in [0.15, 0.2) is 5.16 Å². The number of hydrogen-bond donors (Lipinski definition) is 2. The van der Waals surface area contributed by atoms with E-state index in [0.717, 1.165) is 10.4 Å². The Hall–Kier alpha value is -1.82. The van der Waals surface area contributed by atoms with Gasteiger partial charge in [0.1, 0.15) is 6.61 Å². The summed E-state index contributed by atoms with van der Waals surface area (Å²) in [6.45, 7) is -0.163. The highest BCUT2D eigenvalue weighted by Crippen LogP contribution is 2.23. The Morgan fingerprint density at radius 2 is 2.35 bits per heavy atom. The maximum absolute atomic E-state index is 11.2. The number of aliphatic hydroxyl groups excluding tert-OH is 1. The average molecular weight is 309 g/mol. The Kier molecular flexibility index (Phi) is 4.79. The molecule has 0 saturated heterocycles. The first kappa shape index (κ1) is 14.6. The normalized spacial score (nSPS) is 10.1. The highest BCUT2D eigenvalue weighted by molar-refractivity contribution is 7.98. The van der Waals surface area contributed by atoms with Crippen molar-refractivity contribution in [2.75, 3.05) is 6.61 Å². The van der Waals surface area contributed by atoms with Crippen molar-refractivity contribution in [2.45, 2.75) is 10.9 Å². The summed E-state index contributed by atoms with van der Waals surface area (Å²) in [6, 6.07) is 1.92. The number of thioether (sulfide) groups is 1. The van der Waals surface area contributed by atoms with E-state index in [1.54, 1.807) is 18.4 Å². The number of aromatic amines is 1. The van der Waals surface area contributed by atoms with Crippen LogP contribution in [0.3, 0.4) is 0 Å². The molecular formula is C12H11N3O3S2. The van der Waals surface area contributed by atoms with Gasteiger partial charge in [-0.25, -0.2) is 0 Å². The number of H-pyrrole nitrogens is 1. The van der Waals surface area contributed by atoms with Gasteiger partial charge in [0.25, 0.3) is 0 Å². The molecule has 0 aliphatic heterocycles. The molecule has 8 heteroatoms. The van der Waals surface area contributed by atoms with Crippen molar-refractivity contribution in [3.05, 3.63) is 42.6 Å². The average Bonchev–Trinajstić information content (AvgIpc) is 2.87. The Morgan fingerprint density at radius 1 is 1.55 bits per heavy atom. The molecule has 0 fully saturated rings. The van der Waals surface area contributed by atoms with E-state index in [4.69, 9.17) is 5.11 Å². The van der Waals surface area contributed by atoms with Gasteiger partial charge in [-0.15, -0.1) is 11.3 Å². The molecule has 6 nitrogen and oxygen atoms in total. The molecule has 0 aromatic carbocycles. The maximum Gasteiger partial charge on any atom is 0.339 e. The summed E-state index contributed by atoms with van der Waals surface area (Å²) in [4.78, 5) is 27.1. The van der Waals surface area contributed by atoms with Crippen LogP contribution >= 0.6 is 23.1 Å². The number of aromatic nitrogens is 3. The van der Waals surface area contributed by atoms with Crippen LogP contribution in [-0.4, -0.2) is 26.5 Å². The topological polar surface area (TPSA) is 88.0 Å². The second-order valence-corrected chi connectivity index (χ2v) is 5.69. The van der Waals surface area contributed by atoms with E-state index >= 15 is 0 Å². The molecule has 0 amide bonds. The second kappa shape index (κ2) is 6.56. The molecule has 2 N–H and O–H groups in total. The molecule has 104 valence electrons. The van der Waals surface area contributed by atoms with Crippen LogP contribution < -0.4 is 11.1 Å². The lowest BCUT2D eigenvalue weighted by molar-refractivity contribution is 0.350. The molecule has 20 heavy (non-hydrogen) atoms. The number of aliphatic hydroxyl groups is 1. The van der Waals surface area contributed by atoms with Crippen LogP contribution in [0.15, 0.2) is 26.2 Å². The van der Waals surface area contributed by atoms with Gasteiger partial charge < -0.3 is 5.11 Å². The largest absolute Gasteiger partial charge is 0.384 e. The molecule has 2 aromatic heterocycles. The van der Waals surface area contributed by atoms with Crippen molar-refractivity contribution in [1.82, 2.24) is 14.8 Å². The van der Waals surface area contributed by atoms with E-state index in [0.29, 0.717) is 10.9 Å². The van der Waals surface area contributed by atoms with E-state index < -0.39 is 11.1 Å². The summed E-state index contributed by atoms with van der Waals surface area (Å²) in [5.41, 5.74) is -0.663. The molecule has 0 aliphatic carbocycles. The molecule has 0 unspecified atom stereocenters. The lowest BCUT2D eigenvalue weighted by Gasteiger charge is -2.04. The van der Waals surface area contributed by atoms with Crippen LogP contribution in [0.4, 0.5) is 0 Å². The maximum atomic E-state index is 11.2. The first-order valence-electron chi connectivity index (χ1n) is 5.57. The summed E-state index contributed by atoms with van der Waals surface area (Å²) in [6.07, 6.45) is 0. The van der Waals surface area contributed by atoms with Crippen LogP contribution in [0.25, 0.3) is 0 Å². The molecule has 2 rings (SSSR count). The van der Waals surface area contributed by atoms with Gasteiger partial charge >= 0.3 is 11.1 Å². The first-order valence-corrected chi connectivity index (χ1v) is 7.44. The number of nitrogens with zero attached hydrogens (tertiary/aromatic N) is 2. The van der Waals surface area contributed by atoms with Gasteiger partial charge in [-0.2, -0.15) is 4.98 Å². The SMILES string of the molecule is Cn1[nH]c(=O)c(=O)nc1SCc1cc(C#CCO)cs1. The highest BCUT2D eigenvalue weighted by Gasteiger charge is 2.06. The van der Waals surface area contributed by atoms with Gasteiger partial charge in [0.05, 0.1) is 0 Å². The van der Waals surface area contributed by atoms with Crippen LogP contribution in [0, 0.1) is 11.8 Å². The molecule has 0 spiro atoms. The predicted octanol–water partition coefficient (Wildman–Crippen LogP) is 0.166. The second-order valence-electron chi connectivity index (χ2n) is 3.75. The third-order valence-corrected chi connectivity index (χ3v) is 4.45. The molecule has 0 bridgehead atoms. The number of aryl methyl sites for hydroxylation is 1. The zero-order valence-electron chi connectivity index (χ0n) is 10.5. The highest BCUT2D eigenvalue weighted by atomic mass is 32.2. The van der Waals surface area contributed by atoms with Gasteiger partial charge in [-0.1, -0.05) is 23.6 Å². The zero-order chi connectivity index (χ0) is 14.5. The van der Waals surface area contributed by atoms with E-state index in [-0.39, 0.29) is 6.61 Å². The number of rotatable bonds is 3. The molecule has 0 radical (unpaired) electrons. The predicted molar refractivity (Wildman–Crippen MR) is 77.9 cm³/mol. The minimum absolute atomic E-state index is 0.163. The molecule has 2 aromatic rings. The monoisotopic (exact) mass is 309 g/mol. The van der Waals surface area contributed by atoms with Gasteiger partial charge in [0.2, 0.25) is 0 Å². The van der Waals surface area contributed by atoms with E-state index in [1.807, 2.05) is 11.4 Å². The summed E-state index contributed by atoms with van der Waals surface area (Å²) in [5.74, 6) is 6.03. The van der Waals surface area contributed by atoms with Crippen molar-refractivity contribution >= 4 is 23.1 Å². The minimum Gasteiger partial charge on any atom is -0.384 e. The van der Waals surface area contributed by atoms with Crippen molar-refractivity contribution in [1.29, 1.82) is 0 Å². The number of nitrogens with one attached hydrogen (secondary N) is 1. The summed E-state index contributed by atoms with van der Waals surface area (Å²) in [5, 5.41) is 13.4. The fraction of sp³-hybridized carbons (Fsp3) is 0.250. The molecule has 0 aliphatic rings. The molecule has 2 heterocycles. The van der Waals surface area contributed by atoms with Crippen molar-refractivity contribution in [3.8, 4) is 11.8 Å². The summed E-state index contributed by atoms with van der Waals surface area (Å²) in [7, 11) is 1.63. The van der Waals surface area contributed by atoms with Crippen molar-refractivity contribution in [3.63, 3.8) is 0 Å². The lowest BCUT2D eigenvalue weighted by Crippen LogP contribution is -2.33. The lowest BCUT2D eigenvalue weighted by atomic mass is 10.3. The minimum atomic E-state index is -0.786. The molecule has 0 saturated carbocycles. The van der Waals surface area contributed by atoms with Gasteiger partial charge in [-0.3, -0.25) is 19.4 Å². The fourth-order valence-corrected chi connectivity index (χ4v) is 3.18. The Morgan fingerprint density at radius 3 is 3.10 bits per heavy atom. The Bertz CT molecular complexity index is 779. The molecular weight excluding hydrogens is 298 g/mol. The van der Waals surface area contributed by atoms with E-state index in [2.05, 4.69) is 21.9 Å². The standard InChI is InChI=1S/C12H11N3O3S2/c1-15-12(13-10(17)11(18)14-15)20-7-9-5-8(6-19-9)3-2-4-16/h5-6,16H,4,7H2,1H3,(H,14,18). The van der Waals surface area contributed by atoms with Crippen LogP contribution in [0.2, 0.25) is 0 Å². The Balaban J connectivity index is 2.09. The van der Waals surface area contributed by atoms with Gasteiger partial charge in [-0.05, 0) is 6.07 Å². The third-order valence-electron chi connectivity index (χ3n) is 2.26. The van der Waals surface area contributed by atoms with E-state index in [1.165, 1.54) is 16.4 Å². The molecule has 0 atom stereocenters. The smallest absolute Gasteiger partial charge is 0.339 e. The zero-order valence-corrected chi connectivity index (χ0v) is 12.2. The summed E-state index contributed by atoms with van der Waals surface area (Å²) >= 11 is 2.90. The fourth-order valence-electron chi connectivity index (χ4n) is 1.39. The third kappa shape index (κ3) is 3.60. The van der Waals surface area contributed by atoms with Crippen molar-refractivity contribution in [2.24, 2.45) is 7.05 Å². The number of hydrogen-bond acceptors (Lipinski definition) is 6. The van der Waals surface area contributed by atoms with Crippen LogP contribution in [0.1, 0.15) is 10.4 Å².